The van der Waals surface area contributed by atoms with E-state index in [1.807, 2.05) is 24.3 Å². The Hall–Kier alpha value is -2.11. The van der Waals surface area contributed by atoms with Crippen LogP contribution in [0, 0.1) is 0 Å². The third-order valence-corrected chi connectivity index (χ3v) is 4.77. The van der Waals surface area contributed by atoms with Gasteiger partial charge in [-0.1, -0.05) is 30.3 Å². The highest BCUT2D eigenvalue weighted by molar-refractivity contribution is 5.92. The van der Waals surface area contributed by atoms with Gasteiger partial charge in [0.15, 0.2) is 0 Å². The molecule has 1 amide bonds. The van der Waals surface area contributed by atoms with Crippen molar-refractivity contribution in [3.8, 4) is 0 Å². The van der Waals surface area contributed by atoms with Crippen molar-refractivity contribution in [2.24, 2.45) is 0 Å². The Morgan fingerprint density at radius 3 is 2.83 bits per heavy atom. The Labute approximate surface area is 135 Å². The van der Waals surface area contributed by atoms with E-state index in [0.29, 0.717) is 11.7 Å². The third-order valence-electron chi connectivity index (χ3n) is 4.77. The molecule has 2 fully saturated rings. The lowest BCUT2D eigenvalue weighted by molar-refractivity contribution is -0.0502. The molecule has 2 saturated heterocycles. The molecular formula is C18H21N3O2. The van der Waals surface area contributed by atoms with Crippen LogP contribution in [0.3, 0.4) is 0 Å². The van der Waals surface area contributed by atoms with E-state index >= 15 is 0 Å². The number of rotatable bonds is 3. The molecule has 2 aliphatic heterocycles. The number of amides is 1. The molecule has 0 bridgehead atoms. The first-order valence-electron chi connectivity index (χ1n) is 8.14. The van der Waals surface area contributed by atoms with E-state index in [1.165, 1.54) is 5.56 Å². The van der Waals surface area contributed by atoms with Crippen LogP contribution in [0.15, 0.2) is 48.7 Å². The molecule has 120 valence electrons. The summed E-state index contributed by atoms with van der Waals surface area (Å²) in [5.41, 5.74) is 1.85. The van der Waals surface area contributed by atoms with Crippen LogP contribution in [-0.4, -0.2) is 47.6 Å². The largest absolute Gasteiger partial charge is 0.371 e. The standard InChI is InChI=1S/C18H21N3O2/c22-18(16-7-4-8-19-16)20-14-9-15-12-23-17(11-21(15)10-14)13-5-2-1-3-6-13/h1-8,14-15,17,19H,9-12H2,(H,20,22)/t14-,15-,17+/m0/s1. The SMILES string of the molecule is O=C(N[C@H]1C[C@H]2CO[C@@H](c3ccccc3)CN2C1)c1ccc[nH]1. The van der Waals surface area contributed by atoms with E-state index in [-0.39, 0.29) is 18.1 Å². The van der Waals surface area contributed by atoms with Crippen LogP contribution in [0.25, 0.3) is 0 Å². The van der Waals surface area contributed by atoms with E-state index in [0.717, 1.165) is 26.1 Å². The summed E-state index contributed by atoms with van der Waals surface area (Å²) in [5.74, 6) is -0.0274. The molecule has 0 spiro atoms. The van der Waals surface area contributed by atoms with Gasteiger partial charge in [-0.15, -0.1) is 0 Å². The molecule has 4 rings (SSSR count). The van der Waals surface area contributed by atoms with Crippen molar-refractivity contribution in [3.63, 3.8) is 0 Å². The second-order valence-corrected chi connectivity index (χ2v) is 6.33. The maximum absolute atomic E-state index is 12.2. The topological polar surface area (TPSA) is 57.4 Å². The molecule has 2 N–H and O–H groups in total. The van der Waals surface area contributed by atoms with Gasteiger partial charge in [-0.3, -0.25) is 9.69 Å². The van der Waals surface area contributed by atoms with E-state index in [9.17, 15) is 4.79 Å². The van der Waals surface area contributed by atoms with Gasteiger partial charge in [0.1, 0.15) is 5.69 Å². The lowest BCUT2D eigenvalue weighted by Gasteiger charge is -2.35. The van der Waals surface area contributed by atoms with Crippen molar-refractivity contribution in [1.82, 2.24) is 15.2 Å². The number of aromatic amines is 1. The first-order chi connectivity index (χ1) is 11.3. The Morgan fingerprint density at radius 1 is 1.17 bits per heavy atom. The number of hydrogen-bond donors (Lipinski definition) is 2. The lowest BCUT2D eigenvalue weighted by atomic mass is 10.1. The highest BCUT2D eigenvalue weighted by Crippen LogP contribution is 2.30. The number of morpholine rings is 1. The number of nitrogens with one attached hydrogen (secondary N) is 2. The number of H-pyrrole nitrogens is 1. The summed E-state index contributed by atoms with van der Waals surface area (Å²) in [7, 11) is 0. The van der Waals surface area contributed by atoms with Crippen LogP contribution >= 0.6 is 0 Å². The number of ether oxygens (including phenoxy) is 1. The summed E-state index contributed by atoms with van der Waals surface area (Å²) in [6, 6.07) is 14.6. The smallest absolute Gasteiger partial charge is 0.267 e. The molecule has 2 aromatic rings. The molecule has 5 heteroatoms. The fraction of sp³-hybridized carbons (Fsp3) is 0.389. The van der Waals surface area contributed by atoms with Gasteiger partial charge in [-0.25, -0.2) is 0 Å². The Kier molecular flexibility index (Phi) is 3.89. The minimum Gasteiger partial charge on any atom is -0.371 e. The number of carbonyl (C=O) groups is 1. The molecule has 0 saturated carbocycles. The minimum atomic E-state index is -0.0274. The lowest BCUT2D eigenvalue weighted by Crippen LogP contribution is -2.43. The summed E-state index contributed by atoms with van der Waals surface area (Å²) >= 11 is 0. The van der Waals surface area contributed by atoms with Gasteiger partial charge in [0.2, 0.25) is 0 Å². The maximum Gasteiger partial charge on any atom is 0.267 e. The van der Waals surface area contributed by atoms with Gasteiger partial charge >= 0.3 is 0 Å². The summed E-state index contributed by atoms with van der Waals surface area (Å²) in [6.45, 7) is 2.52. The van der Waals surface area contributed by atoms with Gasteiger partial charge in [-0.05, 0) is 24.1 Å². The number of fused-ring (bicyclic) bond motifs is 1. The van der Waals surface area contributed by atoms with Crippen LogP contribution in [0.2, 0.25) is 0 Å². The van der Waals surface area contributed by atoms with E-state index in [2.05, 4.69) is 27.3 Å². The third kappa shape index (κ3) is 3.02. The van der Waals surface area contributed by atoms with Crippen LogP contribution in [0.4, 0.5) is 0 Å². The van der Waals surface area contributed by atoms with E-state index < -0.39 is 0 Å². The van der Waals surface area contributed by atoms with Crippen molar-refractivity contribution in [2.75, 3.05) is 19.7 Å². The van der Waals surface area contributed by atoms with Gasteiger partial charge < -0.3 is 15.0 Å². The van der Waals surface area contributed by atoms with Crippen LogP contribution in [0.1, 0.15) is 28.6 Å². The van der Waals surface area contributed by atoms with Gasteiger partial charge in [-0.2, -0.15) is 0 Å². The Balaban J connectivity index is 1.37. The van der Waals surface area contributed by atoms with E-state index in [4.69, 9.17) is 4.74 Å². The molecule has 3 atom stereocenters. The van der Waals surface area contributed by atoms with Crippen molar-refractivity contribution < 1.29 is 9.53 Å². The first kappa shape index (κ1) is 14.5. The highest BCUT2D eigenvalue weighted by atomic mass is 16.5. The Morgan fingerprint density at radius 2 is 2.04 bits per heavy atom. The number of hydrogen-bond acceptors (Lipinski definition) is 3. The van der Waals surface area contributed by atoms with Crippen molar-refractivity contribution in [3.05, 3.63) is 59.9 Å². The summed E-state index contributed by atoms with van der Waals surface area (Å²) in [5, 5.41) is 3.12. The molecule has 0 unspecified atom stereocenters. The predicted octanol–water partition coefficient (Wildman–Crippen LogP) is 1.96. The molecule has 0 aliphatic carbocycles. The normalized spacial score (nSPS) is 27.6. The number of aromatic nitrogens is 1. The van der Waals surface area contributed by atoms with E-state index in [1.54, 1.807) is 12.3 Å². The molecule has 2 aliphatic rings. The van der Waals surface area contributed by atoms with Crippen molar-refractivity contribution in [2.45, 2.75) is 24.6 Å². The molecule has 23 heavy (non-hydrogen) atoms. The molecular weight excluding hydrogens is 290 g/mol. The van der Waals surface area contributed by atoms with Crippen molar-refractivity contribution >= 4 is 5.91 Å². The molecule has 1 aromatic heterocycles. The molecule has 1 aromatic carbocycles. The number of nitrogens with zero attached hydrogens (tertiary/aromatic N) is 1. The second-order valence-electron chi connectivity index (χ2n) is 6.33. The summed E-state index contributed by atoms with van der Waals surface area (Å²) in [6.07, 6.45) is 2.85. The average Bonchev–Trinajstić information content (AvgIpc) is 3.24. The monoisotopic (exact) mass is 311 g/mol. The highest BCUT2D eigenvalue weighted by Gasteiger charge is 2.38. The van der Waals surface area contributed by atoms with Gasteiger partial charge in [0.25, 0.3) is 5.91 Å². The minimum absolute atomic E-state index is 0.0274. The average molecular weight is 311 g/mol. The van der Waals surface area contributed by atoms with Crippen LogP contribution < -0.4 is 5.32 Å². The zero-order valence-corrected chi connectivity index (χ0v) is 12.9. The van der Waals surface area contributed by atoms with Gasteiger partial charge in [0, 0.05) is 31.4 Å². The zero-order valence-electron chi connectivity index (χ0n) is 12.9. The van der Waals surface area contributed by atoms with Crippen LogP contribution in [0.5, 0.6) is 0 Å². The second kappa shape index (κ2) is 6.18. The van der Waals surface area contributed by atoms with Crippen molar-refractivity contribution in [1.29, 1.82) is 0 Å². The Bertz CT molecular complexity index is 656. The molecule has 0 radical (unpaired) electrons. The van der Waals surface area contributed by atoms with Crippen LogP contribution in [-0.2, 0) is 4.74 Å². The maximum atomic E-state index is 12.2. The van der Waals surface area contributed by atoms with Gasteiger partial charge in [0.05, 0.1) is 12.7 Å². The molecule has 5 nitrogen and oxygen atoms in total. The molecule has 3 heterocycles. The summed E-state index contributed by atoms with van der Waals surface area (Å²) in [4.78, 5) is 17.6. The number of carbonyl (C=O) groups excluding carboxylic acids is 1. The fourth-order valence-corrected chi connectivity index (χ4v) is 3.58. The summed E-state index contributed by atoms with van der Waals surface area (Å²) < 4.78 is 6.04. The number of benzene rings is 1. The fourth-order valence-electron chi connectivity index (χ4n) is 3.58. The first-order valence-corrected chi connectivity index (χ1v) is 8.14. The quantitative estimate of drug-likeness (QED) is 0.911. The predicted molar refractivity (Wildman–Crippen MR) is 87.2 cm³/mol. The zero-order chi connectivity index (χ0) is 15.6.